The third kappa shape index (κ3) is 13.3. The number of carboxylic acid groups (broad SMARTS) is 2. The zero-order valence-electron chi connectivity index (χ0n) is 29.0. The van der Waals surface area contributed by atoms with Crippen LogP contribution in [0.4, 0.5) is 0 Å². The zero-order chi connectivity index (χ0) is 38.4. The van der Waals surface area contributed by atoms with Gasteiger partial charge >= 0.3 is 11.9 Å². The minimum Gasteiger partial charge on any atom is -0.481 e. The number of carbonyl (C=O) groups is 7. The predicted octanol–water partition coefficient (Wildman–Crippen LogP) is -1.90. The topological polar surface area (TPSA) is 302 Å². The molecule has 282 valence electrons. The monoisotopic (exact) mass is 719 g/mol. The minimum absolute atomic E-state index is 0.0166. The quantitative estimate of drug-likeness (QED) is 0.0674. The van der Waals surface area contributed by atoms with E-state index in [1.54, 1.807) is 44.3 Å². The highest BCUT2D eigenvalue weighted by Gasteiger charge is 2.34. The number of aliphatic hydroxyl groups is 2. The molecular weight excluding hydrogens is 670 g/mol. The van der Waals surface area contributed by atoms with Crippen molar-refractivity contribution in [1.29, 1.82) is 0 Å². The number of aliphatic carboxylic acids is 2. The number of carboxylic acids is 2. The Morgan fingerprint density at radius 3 is 1.65 bits per heavy atom. The van der Waals surface area contributed by atoms with Crippen LogP contribution in [0.25, 0.3) is 10.9 Å². The third-order valence-electron chi connectivity index (χ3n) is 7.76. The lowest BCUT2D eigenvalue weighted by Crippen LogP contribution is -2.61. The van der Waals surface area contributed by atoms with E-state index in [-0.39, 0.29) is 31.1 Å². The molecule has 0 saturated carbocycles. The van der Waals surface area contributed by atoms with Gasteiger partial charge in [-0.15, -0.1) is 0 Å². The molecule has 51 heavy (non-hydrogen) atoms. The molecule has 0 saturated heterocycles. The van der Waals surface area contributed by atoms with Crippen molar-refractivity contribution in [2.45, 2.75) is 89.6 Å². The van der Waals surface area contributed by atoms with Gasteiger partial charge in [0, 0.05) is 23.5 Å². The molecule has 0 bridgehead atoms. The summed E-state index contributed by atoms with van der Waals surface area (Å²) in [5, 5.41) is 51.0. The Morgan fingerprint density at radius 1 is 0.667 bits per heavy atom. The van der Waals surface area contributed by atoms with E-state index in [2.05, 4.69) is 31.6 Å². The van der Waals surface area contributed by atoms with Crippen LogP contribution >= 0.6 is 0 Å². The largest absolute Gasteiger partial charge is 0.481 e. The SMILES string of the molecule is CC(C)C[C@H](NC(=O)[C@H](CO)NC(=O)[C@H](Cc1c[nH]c2ccccc12)NC(=O)[C@H](CO)NC(=O)[C@H](CC(=O)O)NC(=O)[C@@H](N)CC(C)C)C(=O)O. The van der Waals surface area contributed by atoms with Gasteiger partial charge in [0.2, 0.25) is 29.5 Å². The lowest BCUT2D eigenvalue weighted by molar-refractivity contribution is -0.143. The molecule has 18 nitrogen and oxygen atoms in total. The molecule has 0 aliphatic heterocycles. The Hall–Kier alpha value is -5.07. The first-order chi connectivity index (χ1) is 24.0. The van der Waals surface area contributed by atoms with Gasteiger partial charge in [-0.2, -0.15) is 0 Å². The normalized spacial score (nSPS) is 14.8. The van der Waals surface area contributed by atoms with Crippen LogP contribution in [0, 0.1) is 11.8 Å². The molecule has 6 atom stereocenters. The summed E-state index contributed by atoms with van der Waals surface area (Å²) in [6.07, 6.45) is 0.838. The summed E-state index contributed by atoms with van der Waals surface area (Å²) in [6.45, 7) is 5.19. The van der Waals surface area contributed by atoms with E-state index in [0.29, 0.717) is 16.5 Å². The number of hydrogen-bond donors (Lipinski definition) is 11. The van der Waals surface area contributed by atoms with Crippen molar-refractivity contribution in [2.24, 2.45) is 17.6 Å². The van der Waals surface area contributed by atoms with Gasteiger partial charge in [-0.05, 0) is 36.3 Å². The van der Waals surface area contributed by atoms with Gasteiger partial charge < -0.3 is 57.7 Å². The maximum atomic E-state index is 13.6. The number of nitrogens with one attached hydrogen (secondary N) is 6. The lowest BCUT2D eigenvalue weighted by Gasteiger charge is -2.26. The van der Waals surface area contributed by atoms with E-state index >= 15 is 0 Å². The average molecular weight is 720 g/mol. The van der Waals surface area contributed by atoms with Gasteiger partial charge in [-0.25, -0.2) is 4.79 Å². The smallest absolute Gasteiger partial charge is 0.326 e. The third-order valence-corrected chi connectivity index (χ3v) is 7.76. The number of amides is 5. The molecule has 1 aromatic heterocycles. The van der Waals surface area contributed by atoms with Crippen molar-refractivity contribution in [2.75, 3.05) is 13.2 Å². The number of hydrogen-bond acceptors (Lipinski definition) is 10. The summed E-state index contributed by atoms with van der Waals surface area (Å²) >= 11 is 0. The number of rotatable bonds is 21. The minimum atomic E-state index is -1.74. The molecule has 12 N–H and O–H groups in total. The van der Waals surface area contributed by atoms with Gasteiger partial charge in [0.15, 0.2) is 0 Å². The van der Waals surface area contributed by atoms with Crippen LogP contribution < -0.4 is 32.3 Å². The number of aromatic nitrogens is 1. The van der Waals surface area contributed by atoms with E-state index in [1.807, 2.05) is 13.8 Å². The maximum absolute atomic E-state index is 13.6. The highest BCUT2D eigenvalue weighted by atomic mass is 16.4. The predicted molar refractivity (Wildman–Crippen MR) is 183 cm³/mol. The summed E-state index contributed by atoms with van der Waals surface area (Å²) in [4.78, 5) is 91.8. The van der Waals surface area contributed by atoms with Crippen LogP contribution in [-0.4, -0.2) is 116 Å². The standard InChI is InChI=1S/C33H49N7O11/c1-16(2)9-20(34)28(45)36-23(12-27(43)44)30(47)40-25(14-41)31(48)37-22(11-18-13-35-21-8-6-5-7-19(18)21)29(46)39-26(15-42)32(49)38-24(33(50)51)10-17(3)4/h5-8,13,16-17,20,22-26,35,41-42H,9-12,14-15,34H2,1-4H3,(H,36,45)(H,37,48)(H,38,49)(H,39,46)(H,40,47)(H,43,44)(H,50,51)/t20-,22-,23-,24-,25-,26-/m0/s1. The first-order valence-corrected chi connectivity index (χ1v) is 16.5. The summed E-state index contributed by atoms with van der Waals surface area (Å²) < 4.78 is 0. The van der Waals surface area contributed by atoms with Gasteiger partial charge in [0.05, 0.1) is 25.7 Å². The number of H-pyrrole nitrogens is 1. The summed E-state index contributed by atoms with van der Waals surface area (Å²) in [7, 11) is 0. The van der Waals surface area contributed by atoms with Gasteiger partial charge in [0.25, 0.3) is 0 Å². The van der Waals surface area contributed by atoms with Crippen LogP contribution in [0.15, 0.2) is 30.5 Å². The Balaban J connectivity index is 2.32. The summed E-state index contributed by atoms with van der Waals surface area (Å²) in [5.41, 5.74) is 7.11. The fourth-order valence-corrected chi connectivity index (χ4v) is 5.18. The molecule has 0 unspecified atom stereocenters. The van der Waals surface area contributed by atoms with E-state index in [0.717, 1.165) is 0 Å². The van der Waals surface area contributed by atoms with E-state index in [1.165, 1.54) is 0 Å². The van der Waals surface area contributed by atoms with Crippen molar-refractivity contribution in [3.8, 4) is 0 Å². The summed E-state index contributed by atoms with van der Waals surface area (Å²) in [5.74, 6) is -7.83. The number of para-hydroxylation sites is 1. The van der Waals surface area contributed by atoms with Crippen LogP contribution in [-0.2, 0) is 40.0 Å². The van der Waals surface area contributed by atoms with Crippen molar-refractivity contribution in [3.63, 3.8) is 0 Å². The summed E-state index contributed by atoms with van der Waals surface area (Å²) in [6, 6.07) is -1.83. The van der Waals surface area contributed by atoms with Crippen LogP contribution in [0.1, 0.15) is 52.5 Å². The molecule has 0 aliphatic rings. The van der Waals surface area contributed by atoms with Crippen molar-refractivity contribution >= 4 is 52.4 Å². The average Bonchev–Trinajstić information content (AvgIpc) is 3.46. The number of nitrogens with two attached hydrogens (primary N) is 1. The second-order valence-electron chi connectivity index (χ2n) is 13.0. The Kier molecular flexibility index (Phi) is 16.5. The number of benzene rings is 1. The Labute approximate surface area is 294 Å². The first kappa shape index (κ1) is 42.1. The van der Waals surface area contributed by atoms with Crippen LogP contribution in [0.3, 0.4) is 0 Å². The first-order valence-electron chi connectivity index (χ1n) is 16.5. The van der Waals surface area contributed by atoms with Gasteiger partial charge in [-0.3, -0.25) is 28.8 Å². The molecule has 5 amide bonds. The van der Waals surface area contributed by atoms with Crippen LogP contribution in [0.5, 0.6) is 0 Å². The molecule has 2 rings (SSSR count). The molecule has 0 spiro atoms. The molecule has 18 heteroatoms. The highest BCUT2D eigenvalue weighted by Crippen LogP contribution is 2.19. The number of aromatic amines is 1. The molecular formula is C33H49N7O11. The van der Waals surface area contributed by atoms with E-state index in [9.17, 15) is 54.0 Å². The lowest BCUT2D eigenvalue weighted by atomic mass is 10.0. The Morgan fingerprint density at radius 2 is 1.14 bits per heavy atom. The number of carbonyl (C=O) groups excluding carboxylic acids is 5. The molecule has 1 aromatic carbocycles. The zero-order valence-corrected chi connectivity index (χ0v) is 29.0. The molecule has 0 aliphatic carbocycles. The van der Waals surface area contributed by atoms with Crippen molar-refractivity contribution < 1.29 is 54.0 Å². The fraction of sp³-hybridized carbons (Fsp3) is 0.545. The van der Waals surface area contributed by atoms with Gasteiger partial charge in [0.1, 0.15) is 30.2 Å². The molecule has 2 aromatic rings. The van der Waals surface area contributed by atoms with Crippen LogP contribution in [0.2, 0.25) is 0 Å². The highest BCUT2D eigenvalue weighted by molar-refractivity contribution is 5.97. The number of aliphatic hydroxyl groups excluding tert-OH is 2. The number of fused-ring (bicyclic) bond motifs is 1. The van der Waals surface area contributed by atoms with Crippen molar-refractivity contribution in [1.82, 2.24) is 31.6 Å². The maximum Gasteiger partial charge on any atom is 0.326 e. The molecule has 1 heterocycles. The van der Waals surface area contributed by atoms with Crippen molar-refractivity contribution in [3.05, 3.63) is 36.0 Å². The second kappa shape index (κ2) is 19.9. The second-order valence-corrected chi connectivity index (χ2v) is 13.0. The van der Waals surface area contributed by atoms with E-state index < -0.39 is 97.4 Å². The molecule has 0 radical (unpaired) electrons. The van der Waals surface area contributed by atoms with E-state index in [4.69, 9.17) is 5.73 Å². The molecule has 0 fully saturated rings. The fourth-order valence-electron chi connectivity index (χ4n) is 5.18. The van der Waals surface area contributed by atoms with Gasteiger partial charge in [-0.1, -0.05) is 45.9 Å². The Bertz CT molecular complexity index is 1540.